The minimum Gasteiger partial charge on any atom is -0.374 e. The molecule has 1 amide bonds. The molecule has 1 fully saturated rings. The second-order valence-electron chi connectivity index (χ2n) is 8.05. The summed E-state index contributed by atoms with van der Waals surface area (Å²) in [5, 5.41) is 8.61. The molecule has 4 rings (SSSR count). The van der Waals surface area contributed by atoms with E-state index < -0.39 is 0 Å². The average molecular weight is 404 g/mol. The molecule has 0 saturated carbocycles. The molecule has 0 aliphatic carbocycles. The van der Waals surface area contributed by atoms with Crippen molar-refractivity contribution in [3.8, 4) is 0 Å². The van der Waals surface area contributed by atoms with Crippen molar-refractivity contribution in [1.29, 1.82) is 0 Å². The zero-order chi connectivity index (χ0) is 20.9. The molecular formula is C25H31N4O+. The first-order chi connectivity index (χ1) is 14.6. The Labute approximate surface area is 178 Å². The van der Waals surface area contributed by atoms with Crippen LogP contribution in [0, 0.1) is 0 Å². The van der Waals surface area contributed by atoms with Gasteiger partial charge in [0, 0.05) is 17.1 Å². The highest BCUT2D eigenvalue weighted by atomic mass is 16.2. The molecule has 0 unspecified atom stereocenters. The second-order valence-corrected chi connectivity index (χ2v) is 8.05. The highest BCUT2D eigenvalue weighted by Crippen LogP contribution is 2.21. The maximum atomic E-state index is 12.6. The molecule has 156 valence electrons. The van der Waals surface area contributed by atoms with Crippen LogP contribution >= 0.6 is 0 Å². The number of hydrogen-bond acceptors (Lipinski definition) is 3. The summed E-state index contributed by atoms with van der Waals surface area (Å²) >= 11 is 0. The molecule has 1 aliphatic heterocycles. The van der Waals surface area contributed by atoms with Crippen LogP contribution in [0.15, 0.2) is 66.7 Å². The number of carbonyl (C=O) groups excluding carboxylic acids is 1. The van der Waals surface area contributed by atoms with Gasteiger partial charge in [-0.25, -0.2) is 0 Å². The SMILES string of the molecule is CC[NH+]1CCN(c2ccc(N[C@@H](C)C(=O)Nc3ccc4ccccc4c3)cc2)CC1. The normalized spacial score (nSPS) is 15.7. The van der Waals surface area contributed by atoms with Crippen molar-refractivity contribution in [3.63, 3.8) is 0 Å². The summed E-state index contributed by atoms with van der Waals surface area (Å²) in [6.45, 7) is 9.93. The van der Waals surface area contributed by atoms with Gasteiger partial charge in [0.2, 0.25) is 5.91 Å². The third-order valence-electron chi connectivity index (χ3n) is 6.00. The number of carbonyl (C=O) groups is 1. The van der Waals surface area contributed by atoms with Crippen LogP contribution in [-0.4, -0.2) is 44.7 Å². The molecule has 1 heterocycles. The van der Waals surface area contributed by atoms with E-state index in [1.807, 2.05) is 37.3 Å². The molecule has 5 nitrogen and oxygen atoms in total. The molecule has 3 N–H and O–H groups in total. The number of rotatable bonds is 6. The third kappa shape index (κ3) is 4.74. The van der Waals surface area contributed by atoms with E-state index in [-0.39, 0.29) is 11.9 Å². The highest BCUT2D eigenvalue weighted by molar-refractivity contribution is 5.98. The van der Waals surface area contributed by atoms with E-state index in [4.69, 9.17) is 0 Å². The van der Waals surface area contributed by atoms with Gasteiger partial charge in [-0.2, -0.15) is 0 Å². The molecule has 5 heteroatoms. The summed E-state index contributed by atoms with van der Waals surface area (Å²) in [4.78, 5) is 16.8. The van der Waals surface area contributed by atoms with Gasteiger partial charge in [0.25, 0.3) is 0 Å². The Morgan fingerprint density at radius 3 is 2.33 bits per heavy atom. The van der Waals surface area contributed by atoms with Crippen molar-refractivity contribution in [1.82, 2.24) is 0 Å². The van der Waals surface area contributed by atoms with Gasteiger partial charge in [-0.3, -0.25) is 4.79 Å². The zero-order valence-corrected chi connectivity index (χ0v) is 17.8. The van der Waals surface area contributed by atoms with Gasteiger partial charge in [0.1, 0.15) is 6.04 Å². The lowest BCUT2D eigenvalue weighted by molar-refractivity contribution is -0.898. The summed E-state index contributed by atoms with van der Waals surface area (Å²) in [5.74, 6) is -0.0481. The first kappa shape index (κ1) is 20.2. The van der Waals surface area contributed by atoms with Gasteiger partial charge in [0.05, 0.1) is 32.7 Å². The van der Waals surface area contributed by atoms with Crippen LogP contribution in [0.2, 0.25) is 0 Å². The first-order valence-electron chi connectivity index (χ1n) is 10.9. The van der Waals surface area contributed by atoms with E-state index in [1.54, 1.807) is 4.90 Å². The fourth-order valence-corrected chi connectivity index (χ4v) is 4.04. The highest BCUT2D eigenvalue weighted by Gasteiger charge is 2.19. The fraction of sp³-hybridized carbons (Fsp3) is 0.320. The Kier molecular flexibility index (Phi) is 6.19. The fourth-order valence-electron chi connectivity index (χ4n) is 4.04. The van der Waals surface area contributed by atoms with Crippen molar-refractivity contribution in [3.05, 3.63) is 66.7 Å². The molecule has 1 atom stereocenters. The molecule has 0 spiro atoms. The third-order valence-corrected chi connectivity index (χ3v) is 6.00. The Bertz CT molecular complexity index is 993. The van der Waals surface area contributed by atoms with Gasteiger partial charge in [-0.15, -0.1) is 0 Å². The van der Waals surface area contributed by atoms with E-state index in [0.29, 0.717) is 0 Å². The number of fused-ring (bicyclic) bond motifs is 1. The quantitative estimate of drug-likeness (QED) is 0.593. The lowest BCUT2D eigenvalue weighted by Crippen LogP contribution is -3.14. The van der Waals surface area contributed by atoms with Crippen LogP contribution in [0.3, 0.4) is 0 Å². The van der Waals surface area contributed by atoms with Gasteiger partial charge in [-0.05, 0) is 61.0 Å². The largest absolute Gasteiger partial charge is 0.374 e. The molecule has 1 aliphatic rings. The number of hydrogen-bond donors (Lipinski definition) is 3. The Hall–Kier alpha value is -3.05. The van der Waals surface area contributed by atoms with Crippen molar-refractivity contribution in [2.75, 3.05) is 48.3 Å². The zero-order valence-electron chi connectivity index (χ0n) is 17.8. The predicted molar refractivity (Wildman–Crippen MR) is 126 cm³/mol. The Morgan fingerprint density at radius 1 is 0.967 bits per heavy atom. The molecule has 0 aromatic heterocycles. The number of benzene rings is 3. The van der Waals surface area contributed by atoms with Gasteiger partial charge in [-0.1, -0.05) is 30.3 Å². The molecule has 3 aromatic rings. The second kappa shape index (κ2) is 9.18. The number of anilines is 3. The number of nitrogens with zero attached hydrogens (tertiary/aromatic N) is 1. The van der Waals surface area contributed by atoms with Crippen LogP contribution in [0.25, 0.3) is 10.8 Å². The summed E-state index contributed by atoms with van der Waals surface area (Å²) < 4.78 is 0. The van der Waals surface area contributed by atoms with Gasteiger partial charge < -0.3 is 20.4 Å². The van der Waals surface area contributed by atoms with Crippen molar-refractivity contribution >= 4 is 33.7 Å². The summed E-state index contributed by atoms with van der Waals surface area (Å²) in [6.07, 6.45) is 0. The van der Waals surface area contributed by atoms with Crippen molar-refractivity contribution < 1.29 is 9.69 Å². The predicted octanol–water partition coefficient (Wildman–Crippen LogP) is 3.00. The van der Waals surface area contributed by atoms with E-state index in [1.165, 1.54) is 30.7 Å². The smallest absolute Gasteiger partial charge is 0.246 e. The molecule has 1 saturated heterocycles. The lowest BCUT2D eigenvalue weighted by atomic mass is 10.1. The molecular weight excluding hydrogens is 372 g/mol. The number of likely N-dealkylation sites (N-methyl/N-ethyl adjacent to an activating group) is 1. The molecule has 0 bridgehead atoms. The van der Waals surface area contributed by atoms with E-state index >= 15 is 0 Å². The minimum atomic E-state index is -0.334. The topological polar surface area (TPSA) is 48.8 Å². The standard InChI is InChI=1S/C25H30N4O/c1-3-28-14-16-29(17-15-28)24-12-10-22(11-13-24)26-19(2)25(30)27-23-9-8-20-6-4-5-7-21(20)18-23/h4-13,18-19,26H,3,14-17H2,1-2H3,(H,27,30)/p+1/t19-/m0/s1. The van der Waals surface area contributed by atoms with Crippen molar-refractivity contribution in [2.24, 2.45) is 0 Å². The van der Waals surface area contributed by atoms with Gasteiger partial charge >= 0.3 is 0 Å². The number of amides is 1. The molecule has 30 heavy (non-hydrogen) atoms. The number of nitrogens with one attached hydrogen (secondary N) is 3. The molecule has 0 radical (unpaired) electrons. The maximum Gasteiger partial charge on any atom is 0.246 e. The van der Waals surface area contributed by atoms with E-state index in [9.17, 15) is 4.79 Å². The first-order valence-corrected chi connectivity index (χ1v) is 10.9. The van der Waals surface area contributed by atoms with Crippen LogP contribution in [-0.2, 0) is 4.79 Å². The lowest BCUT2D eigenvalue weighted by Gasteiger charge is -2.33. The van der Waals surface area contributed by atoms with Crippen LogP contribution in [0.1, 0.15) is 13.8 Å². The van der Waals surface area contributed by atoms with E-state index in [2.05, 4.69) is 58.9 Å². The number of piperazine rings is 1. The average Bonchev–Trinajstić information content (AvgIpc) is 2.79. The summed E-state index contributed by atoms with van der Waals surface area (Å²) in [7, 11) is 0. The van der Waals surface area contributed by atoms with Crippen LogP contribution in [0.4, 0.5) is 17.1 Å². The minimum absolute atomic E-state index is 0.0481. The maximum absolute atomic E-state index is 12.6. The monoisotopic (exact) mass is 403 g/mol. The van der Waals surface area contributed by atoms with Crippen molar-refractivity contribution in [2.45, 2.75) is 19.9 Å². The van der Waals surface area contributed by atoms with Crippen LogP contribution < -0.4 is 20.4 Å². The Morgan fingerprint density at radius 2 is 1.63 bits per heavy atom. The van der Waals surface area contributed by atoms with Gasteiger partial charge in [0.15, 0.2) is 0 Å². The summed E-state index contributed by atoms with van der Waals surface area (Å²) in [6, 6.07) is 22.2. The van der Waals surface area contributed by atoms with E-state index in [0.717, 1.165) is 29.9 Å². The summed E-state index contributed by atoms with van der Waals surface area (Å²) in [5.41, 5.74) is 3.03. The Balaban J connectivity index is 1.33. The number of quaternary nitrogens is 1. The molecule has 3 aromatic carbocycles. The van der Waals surface area contributed by atoms with Crippen LogP contribution in [0.5, 0.6) is 0 Å².